The Hall–Kier alpha value is -5.44. The summed E-state index contributed by atoms with van der Waals surface area (Å²) in [6.07, 6.45) is 0. The summed E-state index contributed by atoms with van der Waals surface area (Å²) < 4.78 is 2.68. The van der Waals surface area contributed by atoms with Crippen LogP contribution in [0.25, 0.3) is 53.6 Å². The van der Waals surface area contributed by atoms with E-state index < -0.39 is 0 Å². The average Bonchev–Trinajstić information content (AvgIpc) is 3.63. The molecule has 2 heteroatoms. The summed E-state index contributed by atoms with van der Waals surface area (Å²) in [6.45, 7) is 4.73. The van der Waals surface area contributed by atoms with Crippen molar-refractivity contribution in [3.8, 4) is 33.4 Å². The van der Waals surface area contributed by atoms with Gasteiger partial charge in [0.05, 0.1) is 10.4 Å². The summed E-state index contributed by atoms with van der Waals surface area (Å²) in [5.74, 6) is 0. The van der Waals surface area contributed by atoms with Gasteiger partial charge in [0.15, 0.2) is 0 Å². The molecule has 0 amide bonds. The molecule has 0 unspecified atom stereocenters. The van der Waals surface area contributed by atoms with Crippen molar-refractivity contribution in [1.82, 2.24) is 0 Å². The third kappa shape index (κ3) is 4.44. The second-order valence-electron chi connectivity index (χ2n) is 13.0. The van der Waals surface area contributed by atoms with E-state index in [1.807, 2.05) is 11.3 Å². The van der Waals surface area contributed by atoms with Crippen LogP contribution in [0.4, 0.5) is 17.1 Å². The fraction of sp³-hybridized carbons (Fsp3) is 0.0667. The lowest BCUT2D eigenvalue weighted by Gasteiger charge is -2.26. The summed E-state index contributed by atoms with van der Waals surface area (Å²) in [4.78, 5) is 2.43. The topological polar surface area (TPSA) is 3.24 Å². The van der Waals surface area contributed by atoms with E-state index in [4.69, 9.17) is 0 Å². The van der Waals surface area contributed by atoms with Gasteiger partial charge >= 0.3 is 0 Å². The van der Waals surface area contributed by atoms with Gasteiger partial charge in [-0.1, -0.05) is 147 Å². The molecule has 1 aromatic heterocycles. The molecule has 1 aliphatic rings. The second kappa shape index (κ2) is 10.8. The maximum absolute atomic E-state index is 2.43. The minimum atomic E-state index is -0.0217. The molecule has 1 aliphatic carbocycles. The van der Waals surface area contributed by atoms with Gasteiger partial charge in [-0.05, 0) is 69.3 Å². The van der Waals surface area contributed by atoms with Crippen molar-refractivity contribution >= 4 is 48.6 Å². The number of benzene rings is 7. The summed E-state index contributed by atoms with van der Waals surface area (Å²) in [5, 5.41) is 2.64. The maximum atomic E-state index is 2.43. The van der Waals surface area contributed by atoms with Crippen LogP contribution < -0.4 is 4.90 Å². The smallest absolute Gasteiger partial charge is 0.0640 e. The van der Waals surface area contributed by atoms with Crippen LogP contribution in [0.3, 0.4) is 0 Å². The second-order valence-corrected chi connectivity index (χ2v) is 14.0. The quantitative estimate of drug-likeness (QED) is 0.185. The van der Waals surface area contributed by atoms with E-state index in [0.717, 1.165) is 11.4 Å². The summed E-state index contributed by atoms with van der Waals surface area (Å²) in [5.41, 5.74) is 13.9. The molecule has 9 rings (SSSR count). The van der Waals surface area contributed by atoms with Crippen molar-refractivity contribution in [3.05, 3.63) is 175 Å². The Morgan fingerprint density at radius 1 is 0.426 bits per heavy atom. The van der Waals surface area contributed by atoms with Crippen LogP contribution in [-0.2, 0) is 5.41 Å². The van der Waals surface area contributed by atoms with E-state index in [2.05, 4.69) is 183 Å². The Bertz CT molecular complexity index is 2320. The molecule has 8 aromatic rings. The fourth-order valence-corrected chi connectivity index (χ4v) is 8.86. The van der Waals surface area contributed by atoms with E-state index >= 15 is 0 Å². The first-order valence-electron chi connectivity index (χ1n) is 16.3. The number of fused-ring (bicyclic) bond motifs is 7. The summed E-state index contributed by atoms with van der Waals surface area (Å²) in [7, 11) is 0. The molecule has 0 aliphatic heterocycles. The number of anilines is 3. The molecule has 0 radical (unpaired) electrons. The predicted molar refractivity (Wildman–Crippen MR) is 202 cm³/mol. The highest BCUT2D eigenvalue weighted by Gasteiger charge is 2.37. The van der Waals surface area contributed by atoms with E-state index in [1.54, 1.807) is 0 Å². The Morgan fingerprint density at radius 2 is 0.957 bits per heavy atom. The molecular formula is C45H33NS. The Labute approximate surface area is 280 Å². The molecule has 0 saturated carbocycles. The zero-order valence-corrected chi connectivity index (χ0v) is 27.3. The number of thiophene rings is 1. The number of hydrogen-bond acceptors (Lipinski definition) is 2. The molecule has 0 bridgehead atoms. The third-order valence-corrected chi connectivity index (χ3v) is 11.2. The molecule has 47 heavy (non-hydrogen) atoms. The fourth-order valence-electron chi connectivity index (χ4n) is 7.50. The van der Waals surface area contributed by atoms with E-state index in [9.17, 15) is 0 Å². The predicted octanol–water partition coefficient (Wildman–Crippen LogP) is 13.2. The lowest BCUT2D eigenvalue weighted by molar-refractivity contribution is 0.661. The van der Waals surface area contributed by atoms with E-state index in [-0.39, 0.29) is 5.41 Å². The third-order valence-electron chi connectivity index (χ3n) is 9.90. The normalized spacial score (nSPS) is 13.1. The van der Waals surface area contributed by atoms with Crippen molar-refractivity contribution in [2.75, 3.05) is 4.90 Å². The largest absolute Gasteiger partial charge is 0.309 e. The highest BCUT2D eigenvalue weighted by Crippen LogP contribution is 2.55. The molecular weight excluding hydrogens is 587 g/mol. The molecule has 0 saturated heterocycles. The molecule has 0 atom stereocenters. The van der Waals surface area contributed by atoms with Gasteiger partial charge in [0, 0.05) is 37.8 Å². The van der Waals surface area contributed by atoms with Gasteiger partial charge in [-0.2, -0.15) is 0 Å². The standard InChI is InChI=1S/C45H33NS/c1-45(2)39-18-10-9-16-38(39)42-40(45)29-28-37-36-17-11-19-41(43(36)47-44(37)42)46(34-24-20-32(21-25-34)30-12-5-3-6-13-30)35-26-22-33(23-27-35)31-14-7-4-8-15-31/h3-29H,1-2H3. The zero-order chi connectivity index (χ0) is 31.5. The Morgan fingerprint density at radius 3 is 1.57 bits per heavy atom. The van der Waals surface area contributed by atoms with E-state index in [1.165, 1.54) is 70.4 Å². The van der Waals surface area contributed by atoms with Crippen molar-refractivity contribution in [3.63, 3.8) is 0 Å². The van der Waals surface area contributed by atoms with Crippen LogP contribution in [0.15, 0.2) is 164 Å². The number of nitrogens with zero attached hydrogens (tertiary/aromatic N) is 1. The minimum absolute atomic E-state index is 0.0217. The van der Waals surface area contributed by atoms with Gasteiger partial charge in [0.1, 0.15) is 0 Å². The van der Waals surface area contributed by atoms with Crippen LogP contribution >= 0.6 is 11.3 Å². The number of hydrogen-bond donors (Lipinski definition) is 0. The molecule has 7 aromatic carbocycles. The lowest BCUT2D eigenvalue weighted by atomic mass is 9.82. The van der Waals surface area contributed by atoms with E-state index in [0.29, 0.717) is 0 Å². The molecule has 0 spiro atoms. The first-order valence-corrected chi connectivity index (χ1v) is 17.1. The van der Waals surface area contributed by atoms with Gasteiger partial charge in [-0.3, -0.25) is 0 Å². The Balaban J connectivity index is 1.25. The van der Waals surface area contributed by atoms with Crippen molar-refractivity contribution < 1.29 is 0 Å². The monoisotopic (exact) mass is 619 g/mol. The minimum Gasteiger partial charge on any atom is -0.309 e. The highest BCUT2D eigenvalue weighted by atomic mass is 32.1. The van der Waals surface area contributed by atoms with Crippen molar-refractivity contribution in [1.29, 1.82) is 0 Å². The maximum Gasteiger partial charge on any atom is 0.0640 e. The summed E-state index contributed by atoms with van der Waals surface area (Å²) in [6, 6.07) is 59.7. The van der Waals surface area contributed by atoms with Crippen molar-refractivity contribution in [2.45, 2.75) is 19.3 Å². The van der Waals surface area contributed by atoms with Gasteiger partial charge in [0.2, 0.25) is 0 Å². The molecule has 0 fully saturated rings. The lowest BCUT2D eigenvalue weighted by Crippen LogP contribution is -2.14. The first-order chi connectivity index (χ1) is 23.1. The molecule has 1 heterocycles. The van der Waals surface area contributed by atoms with Crippen LogP contribution in [0.1, 0.15) is 25.0 Å². The number of rotatable bonds is 5. The van der Waals surface area contributed by atoms with Gasteiger partial charge < -0.3 is 4.90 Å². The van der Waals surface area contributed by atoms with Crippen LogP contribution in [0.5, 0.6) is 0 Å². The average molecular weight is 620 g/mol. The highest BCUT2D eigenvalue weighted by molar-refractivity contribution is 7.27. The summed E-state index contributed by atoms with van der Waals surface area (Å²) >= 11 is 1.93. The van der Waals surface area contributed by atoms with Crippen LogP contribution in [0.2, 0.25) is 0 Å². The van der Waals surface area contributed by atoms with Gasteiger partial charge in [-0.15, -0.1) is 11.3 Å². The molecule has 0 N–H and O–H groups in total. The first kappa shape index (κ1) is 27.8. The molecule has 1 nitrogen and oxygen atoms in total. The zero-order valence-electron chi connectivity index (χ0n) is 26.4. The van der Waals surface area contributed by atoms with Crippen LogP contribution in [0, 0.1) is 0 Å². The Kier molecular flexibility index (Phi) is 6.41. The molecule has 224 valence electrons. The van der Waals surface area contributed by atoms with Crippen molar-refractivity contribution in [2.24, 2.45) is 0 Å². The van der Waals surface area contributed by atoms with Crippen LogP contribution in [-0.4, -0.2) is 0 Å². The van der Waals surface area contributed by atoms with Gasteiger partial charge in [0.25, 0.3) is 0 Å². The van der Waals surface area contributed by atoms with Gasteiger partial charge in [-0.25, -0.2) is 0 Å². The SMILES string of the molecule is CC1(C)c2ccccc2-c2c1ccc1c2sc2c(N(c3ccc(-c4ccccc4)cc3)c3ccc(-c4ccccc4)cc3)cccc21.